The number of carbonyl (C=O) groups is 1. The molecule has 4 nitrogen and oxygen atoms in total. The first-order valence-electron chi connectivity index (χ1n) is 8.34. The lowest BCUT2D eigenvalue weighted by molar-refractivity contribution is -0.139. The number of nitrogens with zero attached hydrogens (tertiary/aromatic N) is 2. The molecule has 0 radical (unpaired) electrons. The van der Waals surface area contributed by atoms with Gasteiger partial charge < -0.3 is 14.5 Å². The maximum atomic E-state index is 12.6. The molecule has 0 bridgehead atoms. The molecule has 0 N–H and O–H groups in total. The summed E-state index contributed by atoms with van der Waals surface area (Å²) in [5, 5.41) is 2.17. The molecule has 1 unspecified atom stereocenters. The lowest BCUT2D eigenvalue weighted by Crippen LogP contribution is -2.51. The minimum Gasteiger partial charge on any atom is -0.480 e. The molecule has 0 saturated carbocycles. The monoisotopic (exact) mass is 312 g/mol. The third-order valence-corrected chi connectivity index (χ3v) is 4.53. The van der Waals surface area contributed by atoms with Crippen LogP contribution in [0.2, 0.25) is 0 Å². The third-order valence-electron chi connectivity index (χ3n) is 4.53. The molecule has 1 saturated heterocycles. The van der Waals surface area contributed by atoms with Crippen LogP contribution in [0.3, 0.4) is 0 Å². The molecule has 2 aromatic carbocycles. The van der Waals surface area contributed by atoms with Gasteiger partial charge in [0.15, 0.2) is 6.10 Å². The normalized spacial score (nSPS) is 17.2. The van der Waals surface area contributed by atoms with E-state index in [4.69, 9.17) is 4.74 Å². The van der Waals surface area contributed by atoms with Gasteiger partial charge in [-0.15, -0.1) is 0 Å². The third kappa shape index (κ3) is 3.48. The molecular formula is C19H24N2O2. The molecule has 4 heteroatoms. The van der Waals surface area contributed by atoms with Gasteiger partial charge in [0.2, 0.25) is 0 Å². The van der Waals surface area contributed by atoms with Crippen LogP contribution in [-0.4, -0.2) is 54.5 Å². The van der Waals surface area contributed by atoms with Crippen molar-refractivity contribution in [2.45, 2.75) is 20.0 Å². The van der Waals surface area contributed by atoms with Crippen LogP contribution in [0.1, 0.15) is 13.8 Å². The van der Waals surface area contributed by atoms with Crippen LogP contribution >= 0.6 is 0 Å². The van der Waals surface area contributed by atoms with E-state index in [-0.39, 0.29) is 5.91 Å². The standard InChI is InChI=1S/C19H24N2O2/c1-3-20-11-13-21(14-12-20)19(22)15(2)23-18-10-6-8-16-7-4-5-9-17(16)18/h4-10,15H,3,11-14H2,1-2H3. The van der Waals surface area contributed by atoms with E-state index >= 15 is 0 Å². The van der Waals surface area contributed by atoms with Gasteiger partial charge in [0, 0.05) is 31.6 Å². The number of amides is 1. The van der Waals surface area contributed by atoms with Gasteiger partial charge in [-0.1, -0.05) is 43.3 Å². The number of rotatable bonds is 4. The van der Waals surface area contributed by atoms with Gasteiger partial charge in [0.05, 0.1) is 0 Å². The molecule has 1 fully saturated rings. The Morgan fingerprint density at radius 2 is 1.78 bits per heavy atom. The van der Waals surface area contributed by atoms with Crippen LogP contribution in [0, 0.1) is 0 Å². The maximum absolute atomic E-state index is 12.6. The number of hydrogen-bond donors (Lipinski definition) is 0. The van der Waals surface area contributed by atoms with Crippen LogP contribution in [0.4, 0.5) is 0 Å². The fourth-order valence-electron chi connectivity index (χ4n) is 3.08. The van der Waals surface area contributed by atoms with Crippen molar-refractivity contribution < 1.29 is 9.53 Å². The van der Waals surface area contributed by atoms with Crippen molar-refractivity contribution >= 4 is 16.7 Å². The van der Waals surface area contributed by atoms with Gasteiger partial charge in [-0.05, 0) is 24.9 Å². The molecule has 122 valence electrons. The number of piperazine rings is 1. The van der Waals surface area contributed by atoms with E-state index in [0.29, 0.717) is 0 Å². The Morgan fingerprint density at radius 1 is 1.09 bits per heavy atom. The van der Waals surface area contributed by atoms with E-state index in [1.54, 1.807) is 0 Å². The molecule has 1 aliphatic rings. The maximum Gasteiger partial charge on any atom is 0.263 e. The van der Waals surface area contributed by atoms with E-state index in [9.17, 15) is 4.79 Å². The Kier molecular flexibility index (Phi) is 4.82. The number of benzene rings is 2. The van der Waals surface area contributed by atoms with Gasteiger partial charge in [0.25, 0.3) is 5.91 Å². The zero-order chi connectivity index (χ0) is 16.2. The highest BCUT2D eigenvalue weighted by molar-refractivity contribution is 5.89. The molecular weight excluding hydrogens is 288 g/mol. The highest BCUT2D eigenvalue weighted by Crippen LogP contribution is 2.26. The molecule has 2 aromatic rings. The molecule has 1 aliphatic heterocycles. The summed E-state index contributed by atoms with van der Waals surface area (Å²) in [7, 11) is 0. The Labute approximate surface area is 137 Å². The molecule has 1 atom stereocenters. The SMILES string of the molecule is CCN1CCN(C(=O)C(C)Oc2cccc3ccccc23)CC1. The van der Waals surface area contributed by atoms with Crippen LogP contribution in [0.25, 0.3) is 10.8 Å². The lowest BCUT2D eigenvalue weighted by atomic mass is 10.1. The van der Waals surface area contributed by atoms with Gasteiger partial charge >= 0.3 is 0 Å². The predicted octanol–water partition coefficient (Wildman–Crippen LogP) is 2.77. The fraction of sp³-hybridized carbons (Fsp3) is 0.421. The summed E-state index contributed by atoms with van der Waals surface area (Å²) in [5.74, 6) is 0.852. The van der Waals surface area contributed by atoms with E-state index in [2.05, 4.69) is 24.0 Å². The van der Waals surface area contributed by atoms with Crippen LogP contribution in [0.5, 0.6) is 5.75 Å². The first-order valence-corrected chi connectivity index (χ1v) is 8.34. The van der Waals surface area contributed by atoms with Crippen LogP contribution in [-0.2, 0) is 4.79 Å². The zero-order valence-corrected chi connectivity index (χ0v) is 13.9. The Bertz CT molecular complexity index is 673. The van der Waals surface area contributed by atoms with Crippen molar-refractivity contribution in [3.05, 3.63) is 42.5 Å². The summed E-state index contributed by atoms with van der Waals surface area (Å²) in [6.07, 6.45) is -0.464. The van der Waals surface area contributed by atoms with E-state index in [1.165, 1.54) is 0 Å². The molecule has 1 heterocycles. The Hall–Kier alpha value is -2.07. The largest absolute Gasteiger partial charge is 0.480 e. The zero-order valence-electron chi connectivity index (χ0n) is 13.9. The number of ether oxygens (including phenoxy) is 1. The van der Waals surface area contributed by atoms with E-state index < -0.39 is 6.10 Å². The second-order valence-corrected chi connectivity index (χ2v) is 6.00. The summed E-state index contributed by atoms with van der Waals surface area (Å²) < 4.78 is 5.99. The first-order chi connectivity index (χ1) is 11.2. The predicted molar refractivity (Wildman–Crippen MR) is 92.7 cm³/mol. The van der Waals surface area contributed by atoms with Crippen LogP contribution in [0.15, 0.2) is 42.5 Å². The highest BCUT2D eigenvalue weighted by atomic mass is 16.5. The quantitative estimate of drug-likeness (QED) is 0.870. The van der Waals surface area contributed by atoms with Gasteiger partial charge in [-0.25, -0.2) is 0 Å². The minimum atomic E-state index is -0.464. The topological polar surface area (TPSA) is 32.8 Å². The van der Waals surface area contributed by atoms with Gasteiger partial charge in [-0.2, -0.15) is 0 Å². The number of carbonyl (C=O) groups excluding carboxylic acids is 1. The summed E-state index contributed by atoms with van der Waals surface area (Å²) in [6.45, 7) is 8.52. The Balaban J connectivity index is 1.68. The van der Waals surface area contributed by atoms with Crippen molar-refractivity contribution in [3.63, 3.8) is 0 Å². The van der Waals surface area contributed by atoms with Crippen molar-refractivity contribution in [1.82, 2.24) is 9.80 Å². The van der Waals surface area contributed by atoms with Crippen molar-refractivity contribution in [1.29, 1.82) is 0 Å². The average Bonchev–Trinajstić information content (AvgIpc) is 2.61. The number of likely N-dealkylation sites (N-methyl/N-ethyl adjacent to an activating group) is 1. The molecule has 0 aliphatic carbocycles. The van der Waals surface area contributed by atoms with E-state index in [1.807, 2.05) is 42.2 Å². The minimum absolute atomic E-state index is 0.0775. The van der Waals surface area contributed by atoms with Crippen molar-refractivity contribution in [2.75, 3.05) is 32.7 Å². The first kappa shape index (κ1) is 15.8. The Morgan fingerprint density at radius 3 is 2.52 bits per heavy atom. The van der Waals surface area contributed by atoms with E-state index in [0.717, 1.165) is 49.2 Å². The van der Waals surface area contributed by atoms with Crippen molar-refractivity contribution in [3.8, 4) is 5.75 Å². The van der Waals surface area contributed by atoms with Gasteiger partial charge in [0.1, 0.15) is 5.75 Å². The molecule has 1 amide bonds. The molecule has 0 aromatic heterocycles. The fourth-order valence-corrected chi connectivity index (χ4v) is 3.08. The van der Waals surface area contributed by atoms with Gasteiger partial charge in [-0.3, -0.25) is 4.79 Å². The highest BCUT2D eigenvalue weighted by Gasteiger charge is 2.25. The second kappa shape index (κ2) is 7.01. The summed E-state index contributed by atoms with van der Waals surface area (Å²) in [4.78, 5) is 16.9. The van der Waals surface area contributed by atoms with Crippen LogP contribution < -0.4 is 4.74 Å². The molecule has 0 spiro atoms. The second-order valence-electron chi connectivity index (χ2n) is 6.00. The summed E-state index contributed by atoms with van der Waals surface area (Å²) in [5.41, 5.74) is 0. The average molecular weight is 312 g/mol. The number of hydrogen-bond acceptors (Lipinski definition) is 3. The summed E-state index contributed by atoms with van der Waals surface area (Å²) in [6, 6.07) is 14.0. The van der Waals surface area contributed by atoms with Crippen molar-refractivity contribution in [2.24, 2.45) is 0 Å². The summed E-state index contributed by atoms with van der Waals surface area (Å²) >= 11 is 0. The number of fused-ring (bicyclic) bond motifs is 1. The molecule has 23 heavy (non-hydrogen) atoms. The lowest BCUT2D eigenvalue weighted by Gasteiger charge is -2.35. The molecule has 3 rings (SSSR count). The smallest absolute Gasteiger partial charge is 0.263 e.